The summed E-state index contributed by atoms with van der Waals surface area (Å²) in [4.78, 5) is 0. The quantitative estimate of drug-likeness (QED) is 0.621. The van der Waals surface area contributed by atoms with Crippen LogP contribution in [0.1, 0.15) is 26.7 Å². The van der Waals surface area contributed by atoms with Gasteiger partial charge in [-0.2, -0.15) is 5.26 Å². The molecule has 0 aliphatic rings. The molecule has 0 aromatic carbocycles. The number of nitriles is 1. The van der Waals surface area contributed by atoms with Crippen molar-refractivity contribution in [2.75, 3.05) is 6.61 Å². The van der Waals surface area contributed by atoms with Gasteiger partial charge in [0.15, 0.2) is 0 Å². The molecule has 0 amide bonds. The van der Waals surface area contributed by atoms with Gasteiger partial charge in [-0.25, -0.2) is 0 Å². The molecule has 0 aromatic heterocycles. The van der Waals surface area contributed by atoms with Crippen LogP contribution in [0.25, 0.3) is 0 Å². The third-order valence-electron chi connectivity index (χ3n) is 1.89. The minimum Gasteiger partial charge on any atom is -0.395 e. The highest BCUT2D eigenvalue weighted by Gasteiger charge is 2.23. The smallest absolute Gasteiger partial charge is 0.0799 e. The van der Waals surface area contributed by atoms with Crippen LogP contribution >= 0.6 is 0 Å². The second-order valence-corrected chi connectivity index (χ2v) is 2.26. The minimum atomic E-state index is -0.472. The molecule has 2 nitrogen and oxygen atoms in total. The van der Waals surface area contributed by atoms with Crippen molar-refractivity contribution in [3.8, 4) is 6.07 Å². The van der Waals surface area contributed by atoms with Gasteiger partial charge in [-0.3, -0.25) is 0 Å². The Morgan fingerprint density at radius 1 is 1.44 bits per heavy atom. The summed E-state index contributed by atoms with van der Waals surface area (Å²) in [5.41, 5.74) is -0.472. The zero-order valence-electron chi connectivity index (χ0n) is 6.02. The first kappa shape index (κ1) is 8.45. The first-order chi connectivity index (χ1) is 4.24. The Balaban J connectivity index is 4.04. The number of rotatable bonds is 3. The molecular weight excluding hydrogens is 114 g/mol. The normalized spacial score (nSPS) is 10.9. The van der Waals surface area contributed by atoms with E-state index in [-0.39, 0.29) is 6.61 Å². The third kappa shape index (κ3) is 1.69. The molecule has 0 rings (SSSR count). The lowest BCUT2D eigenvalue weighted by Crippen LogP contribution is -2.20. The van der Waals surface area contributed by atoms with Gasteiger partial charge in [-0.15, -0.1) is 0 Å². The molecule has 2 heteroatoms. The minimum absolute atomic E-state index is 0.0174. The van der Waals surface area contributed by atoms with Crippen molar-refractivity contribution in [3.05, 3.63) is 0 Å². The first-order valence-electron chi connectivity index (χ1n) is 3.26. The van der Waals surface area contributed by atoms with Crippen molar-refractivity contribution in [2.45, 2.75) is 26.7 Å². The maximum absolute atomic E-state index is 8.75. The summed E-state index contributed by atoms with van der Waals surface area (Å²) in [6.45, 7) is 3.82. The third-order valence-corrected chi connectivity index (χ3v) is 1.89. The van der Waals surface area contributed by atoms with Gasteiger partial charge in [0, 0.05) is 0 Å². The van der Waals surface area contributed by atoms with Crippen LogP contribution in [0, 0.1) is 16.7 Å². The lowest BCUT2D eigenvalue weighted by Gasteiger charge is -2.18. The van der Waals surface area contributed by atoms with Crippen molar-refractivity contribution in [2.24, 2.45) is 5.41 Å². The Labute approximate surface area is 56.1 Å². The van der Waals surface area contributed by atoms with Crippen molar-refractivity contribution in [3.63, 3.8) is 0 Å². The zero-order chi connectivity index (χ0) is 7.33. The molecule has 0 atom stereocenters. The largest absolute Gasteiger partial charge is 0.395 e. The Hall–Kier alpha value is -0.550. The van der Waals surface area contributed by atoms with Gasteiger partial charge >= 0.3 is 0 Å². The number of hydrogen-bond donors (Lipinski definition) is 1. The molecule has 9 heavy (non-hydrogen) atoms. The van der Waals surface area contributed by atoms with Crippen molar-refractivity contribution >= 4 is 0 Å². The molecule has 0 saturated heterocycles. The van der Waals surface area contributed by atoms with Gasteiger partial charge in [0.2, 0.25) is 0 Å². The summed E-state index contributed by atoms with van der Waals surface area (Å²) >= 11 is 0. The topological polar surface area (TPSA) is 44.0 Å². The fraction of sp³-hybridized carbons (Fsp3) is 0.857. The molecule has 0 fully saturated rings. The van der Waals surface area contributed by atoms with Crippen LogP contribution in [0.15, 0.2) is 0 Å². The highest BCUT2D eigenvalue weighted by atomic mass is 16.3. The SMILES string of the molecule is CCC(C#N)(CC)CO. The van der Waals surface area contributed by atoms with E-state index in [1.807, 2.05) is 13.8 Å². The van der Waals surface area contributed by atoms with Crippen LogP contribution < -0.4 is 0 Å². The molecule has 0 aliphatic carbocycles. The highest BCUT2D eigenvalue weighted by molar-refractivity contribution is 4.96. The average molecular weight is 127 g/mol. The van der Waals surface area contributed by atoms with Gasteiger partial charge in [-0.1, -0.05) is 13.8 Å². The number of nitrogens with zero attached hydrogens (tertiary/aromatic N) is 1. The Morgan fingerprint density at radius 3 is 1.89 bits per heavy atom. The van der Waals surface area contributed by atoms with Crippen LogP contribution in [0.3, 0.4) is 0 Å². The van der Waals surface area contributed by atoms with E-state index in [0.29, 0.717) is 0 Å². The van der Waals surface area contributed by atoms with Crippen LogP contribution in [-0.4, -0.2) is 11.7 Å². The molecule has 1 N–H and O–H groups in total. The number of aliphatic hydroxyl groups is 1. The standard InChI is InChI=1S/C7H13NO/c1-3-7(4-2,5-8)6-9/h9H,3-4,6H2,1-2H3. The highest BCUT2D eigenvalue weighted by Crippen LogP contribution is 2.23. The van der Waals surface area contributed by atoms with E-state index in [1.54, 1.807) is 0 Å². The number of aliphatic hydroxyl groups excluding tert-OH is 1. The Morgan fingerprint density at radius 2 is 1.89 bits per heavy atom. The lowest BCUT2D eigenvalue weighted by molar-refractivity contribution is 0.166. The molecule has 0 aromatic rings. The van der Waals surface area contributed by atoms with Crippen LogP contribution in [0.2, 0.25) is 0 Å². The van der Waals surface area contributed by atoms with Gasteiger partial charge < -0.3 is 5.11 Å². The molecule has 0 aliphatic heterocycles. The summed E-state index contributed by atoms with van der Waals surface area (Å²) in [7, 11) is 0. The predicted molar refractivity (Wildman–Crippen MR) is 35.7 cm³/mol. The van der Waals surface area contributed by atoms with E-state index in [1.165, 1.54) is 0 Å². The predicted octanol–water partition coefficient (Wildman–Crippen LogP) is 1.31. The van der Waals surface area contributed by atoms with Crippen LogP contribution in [0.5, 0.6) is 0 Å². The zero-order valence-corrected chi connectivity index (χ0v) is 6.02. The molecule has 0 unspecified atom stereocenters. The van der Waals surface area contributed by atoms with Crippen molar-refractivity contribution in [1.29, 1.82) is 5.26 Å². The van der Waals surface area contributed by atoms with Gasteiger partial charge in [0.25, 0.3) is 0 Å². The molecule has 52 valence electrons. The number of hydrogen-bond acceptors (Lipinski definition) is 2. The molecule has 0 spiro atoms. The Bertz CT molecular complexity index is 102. The second-order valence-electron chi connectivity index (χ2n) is 2.26. The fourth-order valence-electron chi connectivity index (χ4n) is 0.667. The van der Waals surface area contributed by atoms with Gasteiger partial charge in [-0.05, 0) is 12.8 Å². The summed E-state index contributed by atoms with van der Waals surface area (Å²) < 4.78 is 0. The average Bonchev–Trinajstić information content (AvgIpc) is 1.95. The summed E-state index contributed by atoms with van der Waals surface area (Å²) in [5, 5.41) is 17.3. The fourth-order valence-corrected chi connectivity index (χ4v) is 0.667. The van der Waals surface area contributed by atoms with Crippen LogP contribution in [0.4, 0.5) is 0 Å². The summed E-state index contributed by atoms with van der Waals surface area (Å²) in [6, 6.07) is 2.11. The molecule has 0 saturated carbocycles. The molecule has 0 bridgehead atoms. The maximum atomic E-state index is 8.75. The van der Waals surface area contributed by atoms with E-state index in [9.17, 15) is 0 Å². The van der Waals surface area contributed by atoms with Gasteiger partial charge in [0.05, 0.1) is 18.1 Å². The van der Waals surface area contributed by atoms with Crippen molar-refractivity contribution in [1.82, 2.24) is 0 Å². The lowest BCUT2D eigenvalue weighted by atomic mass is 9.85. The summed E-state index contributed by atoms with van der Waals surface area (Å²) in [6.07, 6.45) is 1.47. The summed E-state index contributed by atoms with van der Waals surface area (Å²) in [5.74, 6) is 0. The van der Waals surface area contributed by atoms with Crippen LogP contribution in [-0.2, 0) is 0 Å². The van der Waals surface area contributed by atoms with E-state index < -0.39 is 5.41 Å². The van der Waals surface area contributed by atoms with E-state index in [4.69, 9.17) is 10.4 Å². The second kappa shape index (κ2) is 3.47. The van der Waals surface area contributed by atoms with E-state index >= 15 is 0 Å². The Kier molecular flexibility index (Phi) is 3.26. The molecular formula is C7H13NO. The van der Waals surface area contributed by atoms with Gasteiger partial charge in [0.1, 0.15) is 0 Å². The monoisotopic (exact) mass is 127 g/mol. The first-order valence-corrected chi connectivity index (χ1v) is 3.26. The maximum Gasteiger partial charge on any atom is 0.0799 e. The van der Waals surface area contributed by atoms with E-state index in [2.05, 4.69) is 6.07 Å². The van der Waals surface area contributed by atoms with E-state index in [0.717, 1.165) is 12.8 Å². The molecule has 0 radical (unpaired) electrons. The molecule has 0 heterocycles. The van der Waals surface area contributed by atoms with Crippen molar-refractivity contribution < 1.29 is 5.11 Å².